The maximum absolute atomic E-state index is 12.2. The topological polar surface area (TPSA) is 54.0 Å². The van der Waals surface area contributed by atoms with E-state index in [0.29, 0.717) is 35.0 Å². The fourth-order valence-corrected chi connectivity index (χ4v) is 1.90. The quantitative estimate of drug-likeness (QED) is 0.396. The van der Waals surface area contributed by atoms with Crippen molar-refractivity contribution in [3.05, 3.63) is 29.8 Å². The number of unbranched alkanes of at least 4 members (excludes halogenated alkanes) is 1. The third-order valence-corrected chi connectivity index (χ3v) is 3.09. The predicted octanol–water partition coefficient (Wildman–Crippen LogP) is 3.67. The van der Waals surface area contributed by atoms with Crippen molar-refractivity contribution >= 4 is 11.7 Å². The molecule has 1 aromatic rings. The first kappa shape index (κ1) is 17.9. The van der Waals surface area contributed by atoms with E-state index < -0.39 is 5.97 Å². The largest absolute Gasteiger partial charge is 0.494 e. The lowest BCUT2D eigenvalue weighted by atomic mass is 10.0. The number of hydrogen-bond acceptors (Lipinski definition) is 5. The molecular weight excluding hydrogens is 284 g/mol. The van der Waals surface area contributed by atoms with Crippen LogP contribution in [0.3, 0.4) is 0 Å². The second-order valence-electron chi connectivity index (χ2n) is 4.60. The van der Waals surface area contributed by atoms with Crippen LogP contribution in [0.15, 0.2) is 18.7 Å². The Morgan fingerprint density at radius 1 is 1.05 bits per heavy atom. The van der Waals surface area contributed by atoms with E-state index in [1.807, 2.05) is 0 Å². The lowest BCUT2D eigenvalue weighted by molar-refractivity contribution is 0.0525. The van der Waals surface area contributed by atoms with Gasteiger partial charge < -0.3 is 18.9 Å². The molecule has 5 nitrogen and oxygen atoms in total. The molecule has 0 bridgehead atoms. The zero-order valence-electron chi connectivity index (χ0n) is 13.7. The molecule has 0 saturated heterocycles. The highest BCUT2D eigenvalue weighted by Gasteiger charge is 2.20. The van der Waals surface area contributed by atoms with Crippen molar-refractivity contribution < 1.29 is 23.7 Å². The number of ether oxygens (including phenoxy) is 4. The third kappa shape index (κ3) is 4.41. The average Bonchev–Trinajstić information content (AvgIpc) is 2.53. The predicted molar refractivity (Wildman–Crippen MR) is 85.4 cm³/mol. The van der Waals surface area contributed by atoms with Gasteiger partial charge in [0.2, 0.25) is 0 Å². The van der Waals surface area contributed by atoms with Crippen molar-refractivity contribution in [3.63, 3.8) is 0 Å². The second kappa shape index (κ2) is 8.97. The highest BCUT2D eigenvalue weighted by Crippen LogP contribution is 2.34. The van der Waals surface area contributed by atoms with Crippen molar-refractivity contribution in [1.82, 2.24) is 0 Å². The minimum atomic E-state index is -0.446. The summed E-state index contributed by atoms with van der Waals surface area (Å²) in [5.74, 6) is 0.928. The Kier molecular flexibility index (Phi) is 7.29. The summed E-state index contributed by atoms with van der Waals surface area (Å²) < 4.78 is 21.2. The highest BCUT2D eigenvalue weighted by atomic mass is 16.5. The smallest absolute Gasteiger partial charge is 0.339 e. The first-order valence-electron chi connectivity index (χ1n) is 7.34. The van der Waals surface area contributed by atoms with Gasteiger partial charge in [-0.15, -0.1) is 0 Å². The van der Waals surface area contributed by atoms with Gasteiger partial charge in [0, 0.05) is 5.56 Å². The lowest BCUT2D eigenvalue weighted by Gasteiger charge is -2.16. The Hall–Kier alpha value is -2.17. The Morgan fingerprint density at radius 2 is 1.64 bits per heavy atom. The first-order valence-corrected chi connectivity index (χ1v) is 7.34. The molecule has 22 heavy (non-hydrogen) atoms. The zero-order chi connectivity index (χ0) is 16.5. The van der Waals surface area contributed by atoms with Crippen molar-refractivity contribution in [1.29, 1.82) is 0 Å². The monoisotopic (exact) mass is 308 g/mol. The molecule has 122 valence electrons. The summed E-state index contributed by atoms with van der Waals surface area (Å²) in [4.78, 5) is 12.2. The second-order valence-corrected chi connectivity index (χ2v) is 4.60. The van der Waals surface area contributed by atoms with E-state index in [0.717, 1.165) is 12.8 Å². The molecule has 0 unspecified atom stereocenters. The number of carbonyl (C=O) groups excluding carboxylic acids is 1. The van der Waals surface area contributed by atoms with Gasteiger partial charge in [-0.1, -0.05) is 19.9 Å². The SMILES string of the molecule is C=C(OCCCC)c1cc(OC)c(OC)cc1C(=O)OCC. The molecule has 0 aromatic heterocycles. The van der Waals surface area contributed by atoms with Gasteiger partial charge in [-0.2, -0.15) is 0 Å². The Labute approximate surface area is 131 Å². The number of methoxy groups -OCH3 is 2. The lowest BCUT2D eigenvalue weighted by Crippen LogP contribution is -2.10. The fourth-order valence-electron chi connectivity index (χ4n) is 1.90. The molecule has 0 radical (unpaired) electrons. The first-order chi connectivity index (χ1) is 10.6. The van der Waals surface area contributed by atoms with E-state index in [-0.39, 0.29) is 6.61 Å². The number of rotatable bonds is 9. The van der Waals surface area contributed by atoms with Crippen LogP contribution in [-0.4, -0.2) is 33.4 Å². The van der Waals surface area contributed by atoms with Crippen LogP contribution in [0, 0.1) is 0 Å². The van der Waals surface area contributed by atoms with Crippen LogP contribution in [0.25, 0.3) is 5.76 Å². The molecule has 0 atom stereocenters. The van der Waals surface area contributed by atoms with Crippen molar-refractivity contribution in [2.45, 2.75) is 26.7 Å². The molecule has 1 aromatic carbocycles. The van der Waals surface area contributed by atoms with E-state index in [2.05, 4.69) is 13.5 Å². The van der Waals surface area contributed by atoms with Gasteiger partial charge in [-0.05, 0) is 25.5 Å². The number of hydrogen-bond donors (Lipinski definition) is 0. The van der Waals surface area contributed by atoms with Gasteiger partial charge in [0.15, 0.2) is 11.5 Å². The van der Waals surface area contributed by atoms with Crippen LogP contribution in [0.2, 0.25) is 0 Å². The molecule has 0 fully saturated rings. The minimum absolute atomic E-state index is 0.287. The summed E-state index contributed by atoms with van der Waals surface area (Å²) in [7, 11) is 3.05. The Bertz CT molecular complexity index is 522. The molecule has 0 aliphatic heterocycles. The normalized spacial score (nSPS) is 10.0. The van der Waals surface area contributed by atoms with Crippen LogP contribution in [-0.2, 0) is 9.47 Å². The number of esters is 1. The van der Waals surface area contributed by atoms with Crippen LogP contribution >= 0.6 is 0 Å². The molecular formula is C17H24O5. The van der Waals surface area contributed by atoms with E-state index in [9.17, 15) is 4.79 Å². The van der Waals surface area contributed by atoms with Gasteiger partial charge >= 0.3 is 5.97 Å². The molecule has 5 heteroatoms. The van der Waals surface area contributed by atoms with Gasteiger partial charge in [0.1, 0.15) is 5.76 Å². The van der Waals surface area contributed by atoms with Gasteiger partial charge in [0.25, 0.3) is 0 Å². The Morgan fingerprint density at radius 3 is 2.14 bits per heavy atom. The van der Waals surface area contributed by atoms with E-state index in [1.54, 1.807) is 19.1 Å². The van der Waals surface area contributed by atoms with Crippen molar-refractivity contribution in [3.8, 4) is 11.5 Å². The van der Waals surface area contributed by atoms with Gasteiger partial charge in [-0.3, -0.25) is 0 Å². The maximum Gasteiger partial charge on any atom is 0.339 e. The van der Waals surface area contributed by atoms with Crippen molar-refractivity contribution in [2.75, 3.05) is 27.4 Å². The van der Waals surface area contributed by atoms with Gasteiger partial charge in [-0.25, -0.2) is 4.79 Å². The molecule has 0 aliphatic carbocycles. The molecule has 1 rings (SSSR count). The van der Waals surface area contributed by atoms with Gasteiger partial charge in [0.05, 0.1) is 33.0 Å². The highest BCUT2D eigenvalue weighted by molar-refractivity contribution is 5.95. The molecule has 0 aliphatic rings. The summed E-state index contributed by atoms with van der Waals surface area (Å²) in [6, 6.07) is 3.26. The number of carbonyl (C=O) groups is 1. The molecule has 0 heterocycles. The van der Waals surface area contributed by atoms with E-state index in [4.69, 9.17) is 18.9 Å². The Balaban J connectivity index is 3.20. The minimum Gasteiger partial charge on any atom is -0.494 e. The summed E-state index contributed by atoms with van der Waals surface area (Å²) in [5, 5.41) is 0. The molecule has 0 spiro atoms. The summed E-state index contributed by atoms with van der Waals surface area (Å²) in [5.41, 5.74) is 0.896. The summed E-state index contributed by atoms with van der Waals surface area (Å²) in [6.45, 7) is 8.57. The van der Waals surface area contributed by atoms with Crippen molar-refractivity contribution in [2.24, 2.45) is 0 Å². The van der Waals surface area contributed by atoms with Crippen LogP contribution in [0.1, 0.15) is 42.6 Å². The van der Waals surface area contributed by atoms with E-state index >= 15 is 0 Å². The molecule has 0 amide bonds. The van der Waals surface area contributed by atoms with Crippen LogP contribution in [0.5, 0.6) is 11.5 Å². The van der Waals surface area contributed by atoms with Crippen LogP contribution in [0.4, 0.5) is 0 Å². The summed E-state index contributed by atoms with van der Waals surface area (Å²) >= 11 is 0. The zero-order valence-corrected chi connectivity index (χ0v) is 13.7. The molecule has 0 N–H and O–H groups in total. The maximum atomic E-state index is 12.2. The fraction of sp³-hybridized carbons (Fsp3) is 0.471. The number of benzene rings is 1. The third-order valence-electron chi connectivity index (χ3n) is 3.09. The average molecular weight is 308 g/mol. The standard InChI is InChI=1S/C17H24O5/c1-6-8-9-22-12(3)13-10-15(19-4)16(20-5)11-14(13)17(18)21-7-2/h10-11H,3,6-9H2,1-2,4-5H3. The summed E-state index contributed by atoms with van der Waals surface area (Å²) in [6.07, 6.45) is 1.94. The van der Waals surface area contributed by atoms with Crippen LogP contribution < -0.4 is 9.47 Å². The van der Waals surface area contributed by atoms with E-state index in [1.165, 1.54) is 14.2 Å². The molecule has 0 saturated carbocycles.